The van der Waals surface area contributed by atoms with Crippen LogP contribution in [0, 0.1) is 0 Å². The van der Waals surface area contributed by atoms with Crippen LogP contribution < -0.4 is 4.74 Å². The first-order chi connectivity index (χ1) is 9.10. The van der Waals surface area contributed by atoms with E-state index < -0.39 is 5.97 Å². The quantitative estimate of drug-likeness (QED) is 0.383. The van der Waals surface area contributed by atoms with Gasteiger partial charge in [0.05, 0.1) is 13.7 Å². The number of ether oxygens (including phenoxy) is 2. The highest BCUT2D eigenvalue weighted by Crippen LogP contribution is 2.27. The van der Waals surface area contributed by atoms with Crippen molar-refractivity contribution in [2.24, 2.45) is 10.2 Å². The van der Waals surface area contributed by atoms with Gasteiger partial charge in [-0.2, -0.15) is 0 Å². The van der Waals surface area contributed by atoms with Gasteiger partial charge in [-0.25, -0.2) is 4.79 Å². The molecule has 0 spiro atoms. The van der Waals surface area contributed by atoms with Crippen LogP contribution in [0.4, 0.5) is 5.69 Å². The van der Waals surface area contributed by atoms with E-state index in [2.05, 4.69) is 10.2 Å². The third kappa shape index (κ3) is 4.09. The Kier molecular flexibility index (Phi) is 5.53. The number of methoxy groups -OCH3 is 1. The molecule has 102 valence electrons. The molecule has 0 bridgehead atoms. The van der Waals surface area contributed by atoms with Gasteiger partial charge in [0.1, 0.15) is 17.2 Å². The number of allylic oxidation sites excluding steroid dienone is 1. The first-order valence-corrected chi connectivity index (χ1v) is 5.71. The number of carbonyl (C=O) groups is 1. The highest BCUT2D eigenvalue weighted by Gasteiger charge is 2.14. The Bertz CT molecular complexity index is 505. The highest BCUT2D eigenvalue weighted by molar-refractivity contribution is 5.88. The van der Waals surface area contributed by atoms with Gasteiger partial charge in [-0.1, -0.05) is 12.1 Å². The molecule has 1 aromatic rings. The van der Waals surface area contributed by atoms with Crippen molar-refractivity contribution in [1.29, 1.82) is 0 Å². The number of aliphatic hydroxyl groups excluding tert-OH is 1. The number of esters is 1. The third-order valence-corrected chi connectivity index (χ3v) is 2.15. The molecule has 0 amide bonds. The molecular formula is C13H16N2O4. The Hall–Kier alpha value is -2.37. The normalized spacial score (nSPS) is 12.2. The summed E-state index contributed by atoms with van der Waals surface area (Å²) >= 11 is 0. The molecule has 6 heteroatoms. The number of hydrogen-bond acceptors (Lipinski definition) is 6. The minimum absolute atomic E-state index is 0.194. The molecule has 1 aromatic carbocycles. The zero-order valence-electron chi connectivity index (χ0n) is 11.1. The van der Waals surface area contributed by atoms with E-state index in [4.69, 9.17) is 9.47 Å². The van der Waals surface area contributed by atoms with E-state index in [0.717, 1.165) is 0 Å². The van der Waals surface area contributed by atoms with Crippen LogP contribution in [-0.4, -0.2) is 24.8 Å². The van der Waals surface area contributed by atoms with Crippen molar-refractivity contribution in [3.63, 3.8) is 0 Å². The number of azo groups is 1. The van der Waals surface area contributed by atoms with Crippen molar-refractivity contribution in [3.8, 4) is 5.75 Å². The Balaban J connectivity index is 3.00. The molecule has 6 nitrogen and oxygen atoms in total. The second kappa shape index (κ2) is 7.15. The van der Waals surface area contributed by atoms with Crippen molar-refractivity contribution in [2.75, 3.05) is 13.7 Å². The smallest absolute Gasteiger partial charge is 0.362 e. The van der Waals surface area contributed by atoms with E-state index >= 15 is 0 Å². The van der Waals surface area contributed by atoms with Crippen LogP contribution in [0.1, 0.15) is 13.8 Å². The number of aliphatic hydroxyl groups is 1. The topological polar surface area (TPSA) is 80.5 Å². The average molecular weight is 264 g/mol. The number of carbonyl (C=O) groups excluding carboxylic acids is 1. The first-order valence-electron chi connectivity index (χ1n) is 5.71. The Morgan fingerprint density at radius 1 is 1.37 bits per heavy atom. The van der Waals surface area contributed by atoms with Crippen LogP contribution >= 0.6 is 0 Å². The molecule has 1 N–H and O–H groups in total. The molecule has 0 aromatic heterocycles. The summed E-state index contributed by atoms with van der Waals surface area (Å²) in [5.41, 5.74) is 0.223. The molecule has 0 radical (unpaired) electrons. The van der Waals surface area contributed by atoms with E-state index in [-0.39, 0.29) is 18.1 Å². The van der Waals surface area contributed by atoms with Crippen LogP contribution in [0.2, 0.25) is 0 Å². The number of nitrogens with zero attached hydrogens (tertiary/aromatic N) is 2. The molecule has 19 heavy (non-hydrogen) atoms. The average Bonchev–Trinajstić information content (AvgIpc) is 2.39. The van der Waals surface area contributed by atoms with Crippen molar-refractivity contribution in [2.45, 2.75) is 13.8 Å². The minimum Gasteiger partial charge on any atom is -0.510 e. The molecule has 0 fully saturated rings. The molecular weight excluding hydrogens is 248 g/mol. The Morgan fingerprint density at radius 3 is 2.63 bits per heavy atom. The summed E-state index contributed by atoms with van der Waals surface area (Å²) < 4.78 is 9.87. The lowest BCUT2D eigenvalue weighted by Gasteiger charge is -2.04. The lowest BCUT2D eigenvalue weighted by Crippen LogP contribution is -2.07. The highest BCUT2D eigenvalue weighted by atomic mass is 16.5. The number of benzene rings is 1. The zero-order chi connectivity index (χ0) is 14.3. The maximum atomic E-state index is 11.5. The van der Waals surface area contributed by atoms with Gasteiger partial charge < -0.3 is 14.6 Å². The molecule has 0 unspecified atom stereocenters. The maximum Gasteiger partial charge on any atom is 0.362 e. The molecule has 0 aliphatic carbocycles. The van der Waals surface area contributed by atoms with Gasteiger partial charge in [0.25, 0.3) is 0 Å². The van der Waals surface area contributed by atoms with Crippen LogP contribution in [0.5, 0.6) is 5.75 Å². The monoisotopic (exact) mass is 264 g/mol. The summed E-state index contributed by atoms with van der Waals surface area (Å²) in [6.45, 7) is 3.20. The van der Waals surface area contributed by atoms with E-state index in [1.165, 1.54) is 14.0 Å². The van der Waals surface area contributed by atoms with Gasteiger partial charge in [0.2, 0.25) is 5.70 Å². The number of hydrogen-bond donors (Lipinski definition) is 1. The zero-order valence-corrected chi connectivity index (χ0v) is 11.1. The summed E-state index contributed by atoms with van der Waals surface area (Å²) in [4.78, 5) is 11.5. The molecule has 1 rings (SSSR count). The summed E-state index contributed by atoms with van der Waals surface area (Å²) in [7, 11) is 1.51. The third-order valence-electron chi connectivity index (χ3n) is 2.15. The van der Waals surface area contributed by atoms with Crippen LogP contribution in [0.3, 0.4) is 0 Å². The van der Waals surface area contributed by atoms with Gasteiger partial charge in [-0.05, 0) is 26.0 Å². The van der Waals surface area contributed by atoms with Crippen molar-refractivity contribution < 1.29 is 19.4 Å². The van der Waals surface area contributed by atoms with Crippen molar-refractivity contribution in [1.82, 2.24) is 0 Å². The standard InChI is InChI=1S/C13H16N2O4/c1-4-19-13(17)12(9(2)16)15-14-10-7-5-6-8-11(10)18-3/h5-8,16H,4H2,1-3H3/b12-9+,15-14?. The fourth-order valence-electron chi connectivity index (χ4n) is 1.28. The largest absolute Gasteiger partial charge is 0.510 e. The Morgan fingerprint density at radius 2 is 2.05 bits per heavy atom. The summed E-state index contributed by atoms with van der Waals surface area (Å²) in [5, 5.41) is 17.0. The predicted molar refractivity (Wildman–Crippen MR) is 69.5 cm³/mol. The fourth-order valence-corrected chi connectivity index (χ4v) is 1.28. The fraction of sp³-hybridized carbons (Fsp3) is 0.308. The van der Waals surface area contributed by atoms with E-state index in [1.54, 1.807) is 31.2 Å². The lowest BCUT2D eigenvalue weighted by atomic mass is 10.3. The second-order valence-electron chi connectivity index (χ2n) is 3.53. The SMILES string of the molecule is CCOC(=O)/C(N=Nc1ccccc1OC)=C(/C)O. The van der Waals surface area contributed by atoms with Crippen LogP contribution in [0.15, 0.2) is 46.0 Å². The second-order valence-corrected chi connectivity index (χ2v) is 3.53. The number of para-hydroxylation sites is 1. The predicted octanol–water partition coefficient (Wildman–Crippen LogP) is 3.13. The number of rotatable bonds is 5. The van der Waals surface area contributed by atoms with Crippen LogP contribution in [-0.2, 0) is 9.53 Å². The minimum atomic E-state index is -0.721. The van der Waals surface area contributed by atoms with Gasteiger partial charge in [-0.3, -0.25) is 0 Å². The van der Waals surface area contributed by atoms with Crippen LogP contribution in [0.25, 0.3) is 0 Å². The van der Waals surface area contributed by atoms with E-state index in [1.807, 2.05) is 0 Å². The molecule has 0 heterocycles. The summed E-state index contributed by atoms with van der Waals surface area (Å²) in [6, 6.07) is 6.94. The summed E-state index contributed by atoms with van der Waals surface area (Å²) in [6.07, 6.45) is 0. The maximum absolute atomic E-state index is 11.5. The Labute approximate surface area is 111 Å². The molecule has 0 saturated carbocycles. The first kappa shape index (κ1) is 14.7. The van der Waals surface area contributed by atoms with Crippen molar-refractivity contribution >= 4 is 11.7 Å². The lowest BCUT2D eigenvalue weighted by molar-refractivity contribution is -0.138. The molecule has 0 aliphatic rings. The van der Waals surface area contributed by atoms with Gasteiger partial charge in [0, 0.05) is 0 Å². The molecule has 0 atom stereocenters. The molecule has 0 saturated heterocycles. The summed E-state index contributed by atoms with van der Waals surface area (Å²) in [5.74, 6) is -0.455. The van der Waals surface area contributed by atoms with E-state index in [0.29, 0.717) is 11.4 Å². The van der Waals surface area contributed by atoms with Crippen molar-refractivity contribution in [3.05, 3.63) is 35.7 Å². The van der Waals surface area contributed by atoms with Gasteiger partial charge in [0.15, 0.2) is 0 Å². The van der Waals surface area contributed by atoms with Gasteiger partial charge >= 0.3 is 5.97 Å². The van der Waals surface area contributed by atoms with Gasteiger partial charge in [-0.15, -0.1) is 10.2 Å². The molecule has 0 aliphatic heterocycles. The van der Waals surface area contributed by atoms with E-state index in [9.17, 15) is 9.90 Å².